The van der Waals surface area contributed by atoms with Crippen molar-refractivity contribution in [3.05, 3.63) is 59.7 Å². The van der Waals surface area contributed by atoms with Gasteiger partial charge < -0.3 is 9.47 Å². The monoisotopic (exact) mass is 366 g/mol. The highest BCUT2D eigenvalue weighted by Gasteiger charge is 2.35. The van der Waals surface area contributed by atoms with Gasteiger partial charge in [0, 0.05) is 11.1 Å². The number of hydrogen-bond donors (Lipinski definition) is 0. The van der Waals surface area contributed by atoms with Crippen molar-refractivity contribution in [3.8, 4) is 11.5 Å². The highest BCUT2D eigenvalue weighted by molar-refractivity contribution is 5.90. The largest absolute Gasteiger partial charge is 0.493 e. The summed E-state index contributed by atoms with van der Waals surface area (Å²) < 4.78 is 11.5. The Labute approximate surface area is 162 Å². The van der Waals surface area contributed by atoms with Gasteiger partial charge in [0.05, 0.1) is 6.61 Å². The Bertz CT molecular complexity index is 738. The maximum Gasteiger partial charge on any atom is 0.323 e. The Morgan fingerprint density at radius 3 is 2.22 bits per heavy atom. The third-order valence-electron chi connectivity index (χ3n) is 5.16. The maximum absolute atomic E-state index is 12.4. The average Bonchev–Trinajstić information content (AvgIpc) is 3.02. The normalized spacial score (nSPS) is 15.4. The summed E-state index contributed by atoms with van der Waals surface area (Å²) >= 11 is 0. The number of fused-ring (bicyclic) bond motifs is 1. The number of benzene rings is 2. The molecule has 1 aliphatic heterocycles. The number of carbonyl (C=O) groups is 1. The average molecular weight is 367 g/mol. The van der Waals surface area contributed by atoms with Gasteiger partial charge in [-0.2, -0.15) is 0 Å². The SMILES string of the molecule is CCCCCCCCCCOc1ccccc1C1C(=O)Oc2ccccc21. The summed E-state index contributed by atoms with van der Waals surface area (Å²) in [6, 6.07) is 15.5. The van der Waals surface area contributed by atoms with Crippen LogP contribution >= 0.6 is 0 Å². The molecule has 0 amide bonds. The van der Waals surface area contributed by atoms with E-state index in [1.54, 1.807) is 0 Å². The van der Waals surface area contributed by atoms with Crippen molar-refractivity contribution in [2.75, 3.05) is 6.61 Å². The number of ether oxygens (including phenoxy) is 2. The van der Waals surface area contributed by atoms with Crippen LogP contribution in [0.1, 0.15) is 75.3 Å². The van der Waals surface area contributed by atoms with Crippen LogP contribution in [0, 0.1) is 0 Å². The van der Waals surface area contributed by atoms with E-state index in [2.05, 4.69) is 6.92 Å². The highest BCUT2D eigenvalue weighted by Crippen LogP contribution is 2.41. The molecule has 0 saturated heterocycles. The Kier molecular flexibility index (Phi) is 7.32. The van der Waals surface area contributed by atoms with Crippen LogP contribution < -0.4 is 9.47 Å². The van der Waals surface area contributed by atoms with Gasteiger partial charge in [-0.1, -0.05) is 88.3 Å². The third kappa shape index (κ3) is 5.12. The predicted octanol–water partition coefficient (Wildman–Crippen LogP) is 6.26. The van der Waals surface area contributed by atoms with E-state index in [1.165, 1.54) is 44.9 Å². The lowest BCUT2D eigenvalue weighted by Gasteiger charge is -2.14. The fourth-order valence-corrected chi connectivity index (χ4v) is 3.67. The second kappa shape index (κ2) is 10.1. The molecule has 0 N–H and O–H groups in total. The van der Waals surface area contributed by atoms with Gasteiger partial charge in [-0.05, 0) is 18.6 Å². The van der Waals surface area contributed by atoms with Crippen molar-refractivity contribution in [1.29, 1.82) is 0 Å². The number of hydrogen-bond acceptors (Lipinski definition) is 3. The van der Waals surface area contributed by atoms with Crippen LogP contribution in [0.5, 0.6) is 11.5 Å². The van der Waals surface area contributed by atoms with Gasteiger partial charge in [-0.3, -0.25) is 4.79 Å². The molecule has 1 atom stereocenters. The van der Waals surface area contributed by atoms with Crippen LogP contribution in [0.15, 0.2) is 48.5 Å². The molecule has 0 bridgehead atoms. The van der Waals surface area contributed by atoms with E-state index >= 15 is 0 Å². The molecule has 1 unspecified atom stereocenters. The first-order valence-corrected chi connectivity index (χ1v) is 10.3. The Balaban J connectivity index is 1.52. The summed E-state index contributed by atoms with van der Waals surface area (Å²) in [4.78, 5) is 12.4. The van der Waals surface area contributed by atoms with Crippen molar-refractivity contribution in [2.45, 2.75) is 64.2 Å². The molecular formula is C24H30O3. The molecule has 0 aromatic heterocycles. The molecule has 1 heterocycles. The molecule has 2 aromatic rings. The fraction of sp³-hybridized carbons (Fsp3) is 0.458. The first-order chi connectivity index (χ1) is 13.3. The molecule has 1 aliphatic rings. The quantitative estimate of drug-likeness (QED) is 0.267. The third-order valence-corrected chi connectivity index (χ3v) is 5.16. The number of rotatable bonds is 11. The summed E-state index contributed by atoms with van der Waals surface area (Å²) in [5, 5.41) is 0. The van der Waals surface area contributed by atoms with E-state index in [4.69, 9.17) is 9.47 Å². The minimum absolute atomic E-state index is 0.223. The van der Waals surface area contributed by atoms with Gasteiger partial charge >= 0.3 is 5.97 Å². The molecule has 2 aromatic carbocycles. The van der Waals surface area contributed by atoms with Crippen molar-refractivity contribution in [3.63, 3.8) is 0 Å². The molecule has 0 radical (unpaired) electrons. The van der Waals surface area contributed by atoms with Crippen molar-refractivity contribution in [2.24, 2.45) is 0 Å². The molecular weight excluding hydrogens is 336 g/mol. The molecule has 3 rings (SSSR count). The molecule has 27 heavy (non-hydrogen) atoms. The lowest BCUT2D eigenvalue weighted by atomic mass is 9.92. The lowest BCUT2D eigenvalue weighted by Crippen LogP contribution is -2.13. The predicted molar refractivity (Wildman–Crippen MR) is 108 cm³/mol. The van der Waals surface area contributed by atoms with E-state index in [1.807, 2.05) is 48.5 Å². The second-order valence-corrected chi connectivity index (χ2v) is 7.25. The van der Waals surface area contributed by atoms with Gasteiger partial charge in [-0.15, -0.1) is 0 Å². The molecule has 144 valence electrons. The van der Waals surface area contributed by atoms with E-state index < -0.39 is 5.92 Å². The van der Waals surface area contributed by atoms with Gasteiger partial charge in [0.1, 0.15) is 17.4 Å². The minimum atomic E-state index is -0.393. The van der Waals surface area contributed by atoms with E-state index in [0.717, 1.165) is 23.3 Å². The van der Waals surface area contributed by atoms with Crippen molar-refractivity contribution in [1.82, 2.24) is 0 Å². The van der Waals surface area contributed by atoms with Gasteiger partial charge in [0.2, 0.25) is 0 Å². The van der Waals surface area contributed by atoms with Gasteiger partial charge in [0.25, 0.3) is 0 Å². The first-order valence-electron chi connectivity index (χ1n) is 10.3. The number of para-hydroxylation sites is 2. The standard InChI is InChI=1S/C24H30O3/c1-2-3-4-5-6-7-8-13-18-26-21-16-11-9-14-19(21)23-20-15-10-12-17-22(20)27-24(23)25/h9-12,14-17,23H,2-8,13,18H2,1H3. The van der Waals surface area contributed by atoms with Gasteiger partial charge in [0.15, 0.2) is 0 Å². The minimum Gasteiger partial charge on any atom is -0.493 e. The highest BCUT2D eigenvalue weighted by atomic mass is 16.5. The van der Waals surface area contributed by atoms with Crippen LogP contribution in [0.3, 0.4) is 0 Å². The van der Waals surface area contributed by atoms with Crippen LogP contribution in [-0.4, -0.2) is 12.6 Å². The Morgan fingerprint density at radius 2 is 1.44 bits per heavy atom. The zero-order valence-corrected chi connectivity index (χ0v) is 16.3. The van der Waals surface area contributed by atoms with Crippen LogP contribution in [0.4, 0.5) is 0 Å². The Hall–Kier alpha value is -2.29. The van der Waals surface area contributed by atoms with Crippen molar-refractivity contribution < 1.29 is 14.3 Å². The van der Waals surface area contributed by atoms with E-state index in [-0.39, 0.29) is 5.97 Å². The van der Waals surface area contributed by atoms with Crippen LogP contribution in [0.2, 0.25) is 0 Å². The number of esters is 1. The molecule has 0 fully saturated rings. The topological polar surface area (TPSA) is 35.5 Å². The smallest absolute Gasteiger partial charge is 0.323 e. The second-order valence-electron chi connectivity index (χ2n) is 7.25. The van der Waals surface area contributed by atoms with Crippen LogP contribution in [0.25, 0.3) is 0 Å². The maximum atomic E-state index is 12.4. The van der Waals surface area contributed by atoms with Crippen LogP contribution in [-0.2, 0) is 4.79 Å². The summed E-state index contributed by atoms with van der Waals surface area (Å²) in [6.45, 7) is 2.94. The van der Waals surface area contributed by atoms with E-state index in [0.29, 0.717) is 12.4 Å². The van der Waals surface area contributed by atoms with Gasteiger partial charge in [-0.25, -0.2) is 0 Å². The summed E-state index contributed by atoms with van der Waals surface area (Å²) in [7, 11) is 0. The molecule has 0 saturated carbocycles. The zero-order valence-electron chi connectivity index (χ0n) is 16.3. The van der Waals surface area contributed by atoms with Crippen molar-refractivity contribution >= 4 is 5.97 Å². The fourth-order valence-electron chi connectivity index (χ4n) is 3.67. The lowest BCUT2D eigenvalue weighted by molar-refractivity contribution is -0.133. The first kappa shape index (κ1) is 19.5. The number of carbonyl (C=O) groups excluding carboxylic acids is 1. The van der Waals surface area contributed by atoms with E-state index in [9.17, 15) is 4.79 Å². The summed E-state index contributed by atoms with van der Waals surface area (Å²) in [6.07, 6.45) is 10.2. The molecule has 3 heteroatoms. The molecule has 3 nitrogen and oxygen atoms in total. The summed E-state index contributed by atoms with van der Waals surface area (Å²) in [5.41, 5.74) is 1.82. The molecule has 0 aliphatic carbocycles. The summed E-state index contributed by atoms with van der Waals surface area (Å²) in [5.74, 6) is 0.833. The zero-order chi connectivity index (χ0) is 18.9. The Morgan fingerprint density at radius 1 is 0.815 bits per heavy atom. The molecule has 0 spiro atoms. The number of unbranched alkanes of at least 4 members (excludes halogenated alkanes) is 7.